The van der Waals surface area contributed by atoms with Gasteiger partial charge in [0, 0.05) is 65.6 Å². The first-order valence-corrected chi connectivity index (χ1v) is 22.0. The van der Waals surface area contributed by atoms with Crippen LogP contribution < -0.4 is 15.0 Å². The van der Waals surface area contributed by atoms with Gasteiger partial charge < -0.3 is 26.9 Å². The van der Waals surface area contributed by atoms with Crippen molar-refractivity contribution in [3.63, 3.8) is 0 Å². The zero-order valence-corrected chi connectivity index (χ0v) is 39.8. The summed E-state index contributed by atoms with van der Waals surface area (Å²) in [5, 5.41) is 10.8. The Morgan fingerprint density at radius 2 is 1.77 bits per heavy atom. The molecule has 3 aromatic carbocycles. The van der Waals surface area contributed by atoms with Gasteiger partial charge >= 0.3 is 31.1 Å². The van der Waals surface area contributed by atoms with Crippen molar-refractivity contribution in [2.75, 3.05) is 50.8 Å². The number of nitrogens with zero attached hydrogens (tertiary/aromatic N) is 5. The molecule has 1 unspecified atom stereocenters. The molecule has 6 aliphatic heterocycles. The molecule has 7 heterocycles. The van der Waals surface area contributed by atoms with E-state index in [0.717, 1.165) is 90.5 Å². The number of nitrogens with one attached hydrogen (secondary N) is 2. The van der Waals surface area contributed by atoms with E-state index in [4.69, 9.17) is 4.74 Å². The number of rotatable bonds is 7. The smallest absolute Gasteiger partial charge is 0.492 e. The second kappa shape index (κ2) is 16.6. The van der Waals surface area contributed by atoms with Crippen LogP contribution in [0.2, 0.25) is 0 Å². The summed E-state index contributed by atoms with van der Waals surface area (Å²) in [5.41, 5.74) is 8.39. The molecule has 1 saturated carbocycles. The van der Waals surface area contributed by atoms with Crippen molar-refractivity contribution in [3.8, 4) is 5.75 Å². The van der Waals surface area contributed by atoms with Gasteiger partial charge in [0.15, 0.2) is 0 Å². The molecule has 2 spiro atoms. The predicted octanol–water partition coefficient (Wildman–Crippen LogP) is 6.60. The number of hydrogen-bond acceptors (Lipinski definition) is 8. The van der Waals surface area contributed by atoms with E-state index in [1.807, 2.05) is 30.2 Å². The van der Waals surface area contributed by atoms with Gasteiger partial charge in [-0.05, 0) is 106 Å². The average molecular weight is 1070 g/mol. The van der Waals surface area contributed by atoms with Crippen molar-refractivity contribution in [1.82, 2.24) is 30.2 Å². The van der Waals surface area contributed by atoms with Gasteiger partial charge in [-0.25, -0.2) is 8.78 Å². The van der Waals surface area contributed by atoms with Gasteiger partial charge in [-0.3, -0.25) is 29.7 Å². The van der Waals surface area contributed by atoms with Gasteiger partial charge in [0.1, 0.15) is 11.8 Å². The first-order chi connectivity index (χ1) is 29.1. The minimum atomic E-state index is -2.42. The van der Waals surface area contributed by atoms with E-state index in [9.17, 15) is 23.2 Å². The number of hydrogen-bond donors (Lipinski definition) is 2. The minimum Gasteiger partial charge on any atom is -0.492 e. The molecular formula is C48H55F2N7O4U. The summed E-state index contributed by atoms with van der Waals surface area (Å²) in [6, 6.07) is 17.1. The maximum absolute atomic E-state index is 13.9. The standard InChI is InChI=1S/C47H52F2N7O4.CH3.U/c1-28-20-34-32(7-9-38-35(34)23-50-52-38)42(55(28)26-40(48)49)30-2-4-31(5-3-30)54-18-12-46(13-19-54)21-29(22-46)24-53-16-14-47(15-17-53)27-60-43-36-25-56(39-10-11-41(57)51-44(39)58)45(59)33(36)6-8-37(43)47;;/h2,4-9,23,28-29,39-40,42H,10-22,24-27H2,1H3,(H,50,52)(H,51,57,58);1H3;/q2*-1;+2/t28-,39?,42-;;/m1../s1. The molecule has 3 amide bonds. The number of carbonyl (C=O) groups is 3. The van der Waals surface area contributed by atoms with E-state index < -0.39 is 18.4 Å². The summed E-state index contributed by atoms with van der Waals surface area (Å²) in [5.74, 6) is 0.723. The number of halogens is 2. The summed E-state index contributed by atoms with van der Waals surface area (Å²) >= 11 is 0. The van der Waals surface area contributed by atoms with Gasteiger partial charge in [-0.1, -0.05) is 17.8 Å². The fourth-order valence-electron chi connectivity index (χ4n) is 12.4. The zero-order chi connectivity index (χ0) is 40.9. The molecule has 0 bridgehead atoms. The molecule has 1 aromatic heterocycles. The van der Waals surface area contributed by atoms with Crippen molar-refractivity contribution in [2.24, 2.45) is 11.3 Å². The van der Waals surface area contributed by atoms with Crippen molar-refractivity contribution in [2.45, 2.75) is 101 Å². The molecule has 7 aliphatic rings. The number of alkyl halides is 2. The molecule has 11 nitrogen and oxygen atoms in total. The quantitative estimate of drug-likeness (QED) is 0.158. The minimum absolute atomic E-state index is 0. The summed E-state index contributed by atoms with van der Waals surface area (Å²) in [6.45, 7) is 7.98. The summed E-state index contributed by atoms with van der Waals surface area (Å²) in [6.07, 6.45) is 7.72. The van der Waals surface area contributed by atoms with Crippen molar-refractivity contribution in [1.29, 1.82) is 0 Å². The Morgan fingerprint density at radius 1 is 0.984 bits per heavy atom. The number of anilines is 1. The third-order valence-corrected chi connectivity index (χ3v) is 15.6. The van der Waals surface area contributed by atoms with E-state index in [2.05, 4.69) is 61.7 Å². The van der Waals surface area contributed by atoms with Crippen molar-refractivity contribution in [3.05, 3.63) is 95.5 Å². The number of piperidine rings is 3. The van der Waals surface area contributed by atoms with Gasteiger partial charge in [0.2, 0.25) is 11.8 Å². The van der Waals surface area contributed by atoms with Crippen LogP contribution in [0.25, 0.3) is 10.9 Å². The topological polar surface area (TPSA) is 114 Å². The number of imide groups is 1. The maximum atomic E-state index is 13.9. The Bertz CT molecular complexity index is 2370. The van der Waals surface area contributed by atoms with Gasteiger partial charge in [0.05, 0.1) is 31.4 Å². The summed E-state index contributed by atoms with van der Waals surface area (Å²) in [4.78, 5) is 46.4. The van der Waals surface area contributed by atoms with E-state index in [1.165, 1.54) is 36.8 Å². The van der Waals surface area contributed by atoms with Crippen LogP contribution in [0.5, 0.6) is 5.75 Å². The molecule has 14 heteroatoms. The van der Waals surface area contributed by atoms with E-state index in [0.29, 0.717) is 37.0 Å². The van der Waals surface area contributed by atoms with Crippen LogP contribution in [0.15, 0.2) is 48.7 Å². The molecule has 4 fully saturated rings. The van der Waals surface area contributed by atoms with E-state index >= 15 is 0 Å². The largest absolute Gasteiger partial charge is 2.00 e. The van der Waals surface area contributed by atoms with Gasteiger partial charge in [-0.2, -0.15) is 23.3 Å². The number of ether oxygens (including phenoxy) is 1. The number of likely N-dealkylation sites (tertiary alicyclic amines) is 1. The third-order valence-electron chi connectivity index (χ3n) is 15.6. The van der Waals surface area contributed by atoms with E-state index in [1.54, 1.807) is 4.90 Å². The maximum Gasteiger partial charge on any atom is 2.00 e. The zero-order valence-electron chi connectivity index (χ0n) is 35.7. The summed E-state index contributed by atoms with van der Waals surface area (Å²) in [7, 11) is 0. The number of amides is 3. The molecule has 2 N–H and O–H groups in total. The molecule has 324 valence electrons. The number of carbonyl (C=O) groups excluding carboxylic acids is 3. The fraction of sp³-hybridized carbons (Fsp3) is 0.521. The van der Waals surface area contributed by atoms with Crippen LogP contribution in [-0.4, -0.2) is 107 Å². The number of fused-ring (bicyclic) bond motifs is 7. The van der Waals surface area contributed by atoms with Crippen molar-refractivity contribution < 1.29 is 59.0 Å². The van der Waals surface area contributed by atoms with E-state index in [-0.39, 0.29) is 80.8 Å². The van der Waals surface area contributed by atoms with Crippen LogP contribution in [0.3, 0.4) is 0 Å². The first kappa shape index (κ1) is 43.4. The Morgan fingerprint density at radius 3 is 2.50 bits per heavy atom. The molecule has 1 aliphatic carbocycles. The van der Waals surface area contributed by atoms with Crippen LogP contribution in [0, 0.1) is 55.9 Å². The SMILES string of the molecule is C[C@@H]1Cc2c(ccc3[nH]ncc23)[C@@H](c2[c-]cc(N3CCC4(CC3)CC(CN3CCC5(CC3)COc3c5ccc5c3CN(C3CCC(=O)NC3=O)C5=O)C4)cc2)N1CC(F)F.[CH3-].[U+2]. The fourth-order valence-corrected chi connectivity index (χ4v) is 12.4. The molecule has 3 saturated heterocycles. The van der Waals surface area contributed by atoms with Crippen LogP contribution in [0.4, 0.5) is 14.5 Å². The van der Waals surface area contributed by atoms with Crippen LogP contribution in [0.1, 0.15) is 103 Å². The Hall–Kier alpha value is -3.83. The molecule has 0 radical (unpaired) electrons. The normalized spacial score (nSPS) is 25.5. The molecule has 3 atom stereocenters. The summed E-state index contributed by atoms with van der Waals surface area (Å²) < 4.78 is 34.2. The first-order valence-electron chi connectivity index (χ1n) is 22.0. The van der Waals surface area contributed by atoms with Crippen LogP contribution in [-0.2, 0) is 28.0 Å². The number of benzene rings is 3. The third kappa shape index (κ3) is 7.29. The second-order valence-corrected chi connectivity index (χ2v) is 19.0. The van der Waals surface area contributed by atoms with Crippen LogP contribution >= 0.6 is 0 Å². The monoisotopic (exact) mass is 1070 g/mol. The molecule has 4 aromatic rings. The Labute approximate surface area is 386 Å². The van der Waals surface area contributed by atoms with Gasteiger partial charge in [0.25, 0.3) is 12.3 Å². The molecule has 11 rings (SSSR count). The Kier molecular flexibility index (Phi) is 11.6. The second-order valence-electron chi connectivity index (χ2n) is 19.0. The van der Waals surface area contributed by atoms with Crippen molar-refractivity contribution >= 4 is 34.3 Å². The average Bonchev–Trinajstić information content (AvgIpc) is 3.95. The predicted molar refractivity (Wildman–Crippen MR) is 227 cm³/mol. The number of aromatic amines is 1. The van der Waals surface area contributed by atoms with Gasteiger partial charge in [-0.15, -0.1) is 11.6 Å². The molecule has 62 heavy (non-hydrogen) atoms. The number of H-pyrrole nitrogens is 1. The Balaban J connectivity index is 0.00000245. The molecular weight excluding hydrogens is 1010 g/mol. The number of aromatic nitrogens is 2.